The number of rotatable bonds is 2. The van der Waals surface area contributed by atoms with Crippen molar-refractivity contribution in [2.24, 2.45) is 0 Å². The van der Waals surface area contributed by atoms with Crippen LogP contribution in [0.3, 0.4) is 0 Å². The summed E-state index contributed by atoms with van der Waals surface area (Å²) in [4.78, 5) is 30.0. The van der Waals surface area contributed by atoms with Gasteiger partial charge in [0.05, 0.1) is 11.0 Å². The van der Waals surface area contributed by atoms with Crippen molar-refractivity contribution in [2.45, 2.75) is 18.9 Å². The Morgan fingerprint density at radius 1 is 1.28 bits per heavy atom. The fourth-order valence-electron chi connectivity index (χ4n) is 2.02. The van der Waals surface area contributed by atoms with Crippen LogP contribution < -0.4 is 10.6 Å². The lowest BCUT2D eigenvalue weighted by atomic mass is 10.1. The molecule has 6 heteroatoms. The maximum atomic E-state index is 11.6. The summed E-state index contributed by atoms with van der Waals surface area (Å²) in [5.74, 6) is 0.0278. The molecule has 0 aliphatic carbocycles. The second kappa shape index (κ2) is 4.14. The third-order valence-electron chi connectivity index (χ3n) is 2.94. The van der Waals surface area contributed by atoms with Crippen LogP contribution in [0.4, 0.5) is 5.95 Å². The Balaban J connectivity index is 1.79. The van der Waals surface area contributed by atoms with Gasteiger partial charge in [-0.2, -0.15) is 0 Å². The number of benzene rings is 1. The van der Waals surface area contributed by atoms with E-state index in [1.165, 1.54) is 0 Å². The van der Waals surface area contributed by atoms with E-state index in [2.05, 4.69) is 20.6 Å². The van der Waals surface area contributed by atoms with Crippen LogP contribution in [-0.2, 0) is 9.59 Å². The zero-order chi connectivity index (χ0) is 12.5. The Labute approximate surface area is 103 Å². The molecule has 1 saturated heterocycles. The van der Waals surface area contributed by atoms with Crippen molar-refractivity contribution >= 4 is 28.8 Å². The van der Waals surface area contributed by atoms with Crippen molar-refractivity contribution < 1.29 is 9.59 Å². The van der Waals surface area contributed by atoms with Gasteiger partial charge in [0.2, 0.25) is 17.8 Å². The van der Waals surface area contributed by atoms with Crippen LogP contribution in [-0.4, -0.2) is 27.8 Å². The minimum absolute atomic E-state index is 0.220. The lowest BCUT2D eigenvalue weighted by Gasteiger charge is -2.21. The number of carbonyl (C=O) groups excluding carboxylic acids is 2. The van der Waals surface area contributed by atoms with Gasteiger partial charge in [0.25, 0.3) is 0 Å². The van der Waals surface area contributed by atoms with E-state index in [4.69, 9.17) is 0 Å². The second-order valence-corrected chi connectivity index (χ2v) is 4.25. The summed E-state index contributed by atoms with van der Waals surface area (Å²) in [7, 11) is 0. The van der Waals surface area contributed by atoms with Crippen LogP contribution in [0.1, 0.15) is 12.8 Å². The molecule has 0 bridgehead atoms. The first-order valence-corrected chi connectivity index (χ1v) is 5.77. The van der Waals surface area contributed by atoms with Gasteiger partial charge in [-0.25, -0.2) is 4.98 Å². The smallest absolute Gasteiger partial charge is 0.249 e. The fraction of sp³-hybridized carbons (Fsp3) is 0.250. The molecule has 1 aliphatic rings. The SMILES string of the molecule is O=C1CCC(Nc2nc3ccccc3[nH]2)C(=O)N1. The van der Waals surface area contributed by atoms with Gasteiger partial charge in [0.1, 0.15) is 6.04 Å². The first kappa shape index (κ1) is 10.8. The topological polar surface area (TPSA) is 86.9 Å². The number of anilines is 1. The standard InChI is InChI=1S/C12H12N4O2/c17-10-6-5-9(11(18)16-10)15-12-13-7-3-1-2-4-8(7)14-12/h1-4,9H,5-6H2,(H2,13,14,15)(H,16,17,18). The zero-order valence-corrected chi connectivity index (χ0v) is 9.56. The predicted octanol–water partition coefficient (Wildman–Crippen LogP) is 0.780. The molecule has 1 unspecified atom stereocenters. The molecule has 3 N–H and O–H groups in total. The quantitative estimate of drug-likeness (QED) is 0.681. The highest BCUT2D eigenvalue weighted by atomic mass is 16.2. The van der Waals surface area contributed by atoms with Gasteiger partial charge < -0.3 is 10.3 Å². The molecule has 0 saturated carbocycles. The van der Waals surface area contributed by atoms with Crippen LogP contribution in [0.15, 0.2) is 24.3 Å². The van der Waals surface area contributed by atoms with Crippen LogP contribution in [0, 0.1) is 0 Å². The van der Waals surface area contributed by atoms with Crippen molar-refractivity contribution in [3.8, 4) is 0 Å². The summed E-state index contributed by atoms with van der Waals surface area (Å²) in [6.45, 7) is 0. The Morgan fingerprint density at radius 2 is 2.11 bits per heavy atom. The maximum Gasteiger partial charge on any atom is 0.249 e. The third kappa shape index (κ3) is 1.92. The lowest BCUT2D eigenvalue weighted by molar-refractivity contribution is -0.133. The largest absolute Gasteiger partial charge is 0.344 e. The minimum Gasteiger partial charge on any atom is -0.344 e. The average molecular weight is 244 g/mol. The highest BCUT2D eigenvalue weighted by Crippen LogP contribution is 2.16. The summed E-state index contributed by atoms with van der Waals surface area (Å²) in [5, 5.41) is 5.31. The summed E-state index contributed by atoms with van der Waals surface area (Å²) in [5.41, 5.74) is 1.75. The lowest BCUT2D eigenvalue weighted by Crippen LogP contribution is -2.47. The van der Waals surface area contributed by atoms with Gasteiger partial charge in [-0.1, -0.05) is 12.1 Å². The molecule has 3 rings (SSSR count). The number of fused-ring (bicyclic) bond motifs is 1. The molecule has 2 heterocycles. The number of hydrogen-bond donors (Lipinski definition) is 3. The number of amides is 2. The number of H-pyrrole nitrogens is 1. The molecule has 18 heavy (non-hydrogen) atoms. The molecule has 1 aliphatic heterocycles. The predicted molar refractivity (Wildman–Crippen MR) is 65.9 cm³/mol. The van der Waals surface area contributed by atoms with Crippen LogP contribution in [0.25, 0.3) is 11.0 Å². The molecular weight excluding hydrogens is 232 g/mol. The molecule has 1 atom stereocenters. The number of nitrogens with one attached hydrogen (secondary N) is 3. The number of para-hydroxylation sites is 2. The molecule has 1 aromatic carbocycles. The Hall–Kier alpha value is -2.37. The van der Waals surface area contributed by atoms with Crippen molar-refractivity contribution in [3.05, 3.63) is 24.3 Å². The van der Waals surface area contributed by atoms with Gasteiger partial charge >= 0.3 is 0 Å². The minimum atomic E-state index is -0.414. The van der Waals surface area contributed by atoms with Gasteiger partial charge in [-0.05, 0) is 18.6 Å². The molecule has 0 spiro atoms. The second-order valence-electron chi connectivity index (χ2n) is 4.25. The molecule has 1 fully saturated rings. The molecular formula is C12H12N4O2. The van der Waals surface area contributed by atoms with E-state index in [9.17, 15) is 9.59 Å². The van der Waals surface area contributed by atoms with Gasteiger partial charge in [-0.15, -0.1) is 0 Å². The van der Waals surface area contributed by atoms with E-state index in [1.54, 1.807) is 0 Å². The molecule has 2 amide bonds. The summed E-state index contributed by atoms with van der Waals surface area (Å²) >= 11 is 0. The normalized spacial score (nSPS) is 19.9. The highest BCUT2D eigenvalue weighted by molar-refractivity contribution is 6.01. The first-order chi connectivity index (χ1) is 8.72. The van der Waals surface area contributed by atoms with Crippen LogP contribution in [0.5, 0.6) is 0 Å². The van der Waals surface area contributed by atoms with Crippen molar-refractivity contribution in [3.63, 3.8) is 0 Å². The van der Waals surface area contributed by atoms with E-state index in [-0.39, 0.29) is 11.8 Å². The van der Waals surface area contributed by atoms with Crippen molar-refractivity contribution in [1.29, 1.82) is 0 Å². The summed E-state index contributed by atoms with van der Waals surface area (Å²) in [6.07, 6.45) is 0.839. The number of piperidine rings is 1. The molecule has 2 aromatic rings. The van der Waals surface area contributed by atoms with E-state index < -0.39 is 6.04 Å². The Bertz CT molecular complexity index is 586. The van der Waals surface area contributed by atoms with Gasteiger partial charge in [0, 0.05) is 6.42 Å². The van der Waals surface area contributed by atoms with Crippen LogP contribution >= 0.6 is 0 Å². The van der Waals surface area contributed by atoms with E-state index in [1.807, 2.05) is 24.3 Å². The number of aromatic amines is 1. The Morgan fingerprint density at radius 3 is 2.89 bits per heavy atom. The zero-order valence-electron chi connectivity index (χ0n) is 9.56. The molecule has 6 nitrogen and oxygen atoms in total. The van der Waals surface area contributed by atoms with Crippen molar-refractivity contribution in [2.75, 3.05) is 5.32 Å². The van der Waals surface area contributed by atoms with Crippen molar-refractivity contribution in [1.82, 2.24) is 15.3 Å². The number of imidazole rings is 1. The summed E-state index contributed by atoms with van der Waals surface area (Å²) in [6, 6.07) is 7.21. The molecule has 1 aromatic heterocycles. The molecule has 92 valence electrons. The summed E-state index contributed by atoms with van der Waals surface area (Å²) < 4.78 is 0. The number of nitrogens with zero attached hydrogens (tertiary/aromatic N) is 1. The third-order valence-corrected chi connectivity index (χ3v) is 2.94. The fourth-order valence-corrected chi connectivity index (χ4v) is 2.02. The molecule has 0 radical (unpaired) electrons. The van der Waals surface area contributed by atoms with E-state index in [0.29, 0.717) is 18.8 Å². The number of imide groups is 1. The Kier molecular flexibility index (Phi) is 2.47. The number of aromatic nitrogens is 2. The maximum absolute atomic E-state index is 11.6. The van der Waals surface area contributed by atoms with E-state index >= 15 is 0 Å². The van der Waals surface area contributed by atoms with E-state index in [0.717, 1.165) is 11.0 Å². The van der Waals surface area contributed by atoms with Gasteiger partial charge in [0.15, 0.2) is 0 Å². The highest BCUT2D eigenvalue weighted by Gasteiger charge is 2.26. The number of carbonyl (C=O) groups is 2. The van der Waals surface area contributed by atoms with Crippen LogP contribution in [0.2, 0.25) is 0 Å². The van der Waals surface area contributed by atoms with Gasteiger partial charge in [-0.3, -0.25) is 14.9 Å². The average Bonchev–Trinajstić information content (AvgIpc) is 2.75. The monoisotopic (exact) mass is 244 g/mol. The first-order valence-electron chi connectivity index (χ1n) is 5.77. The number of hydrogen-bond acceptors (Lipinski definition) is 4.